The second kappa shape index (κ2) is 6.78. The summed E-state index contributed by atoms with van der Waals surface area (Å²) < 4.78 is 0. The highest BCUT2D eigenvalue weighted by Gasteiger charge is 2.30. The Morgan fingerprint density at radius 1 is 1.00 bits per heavy atom. The maximum atomic E-state index is 3.77. The highest BCUT2D eigenvalue weighted by molar-refractivity contribution is 4.86. The molecule has 1 heteroatoms. The predicted octanol–water partition coefficient (Wildman–Crippen LogP) is 4.37. The fourth-order valence-electron chi connectivity index (χ4n) is 3.49. The van der Waals surface area contributed by atoms with Crippen LogP contribution in [-0.4, -0.2) is 12.6 Å². The van der Waals surface area contributed by atoms with E-state index in [1.54, 1.807) is 0 Å². The van der Waals surface area contributed by atoms with Crippen LogP contribution in [0.1, 0.15) is 71.6 Å². The molecule has 1 nitrogen and oxygen atoms in total. The van der Waals surface area contributed by atoms with Gasteiger partial charge in [0.2, 0.25) is 0 Å². The van der Waals surface area contributed by atoms with Crippen LogP contribution in [-0.2, 0) is 0 Å². The SMILES string of the molecule is CCCCC1CC(CC)CCC1CNC1CC1. The van der Waals surface area contributed by atoms with E-state index in [2.05, 4.69) is 19.2 Å². The molecule has 2 rings (SSSR count). The topological polar surface area (TPSA) is 12.0 Å². The van der Waals surface area contributed by atoms with Crippen molar-refractivity contribution in [2.75, 3.05) is 6.54 Å². The molecule has 2 aliphatic carbocycles. The van der Waals surface area contributed by atoms with Gasteiger partial charge in [-0.15, -0.1) is 0 Å². The van der Waals surface area contributed by atoms with Crippen LogP contribution in [0.25, 0.3) is 0 Å². The van der Waals surface area contributed by atoms with Gasteiger partial charge in [0.05, 0.1) is 0 Å². The van der Waals surface area contributed by atoms with E-state index < -0.39 is 0 Å². The Morgan fingerprint density at radius 3 is 2.47 bits per heavy atom. The first kappa shape index (κ1) is 13.4. The summed E-state index contributed by atoms with van der Waals surface area (Å²) in [5, 5.41) is 3.77. The van der Waals surface area contributed by atoms with E-state index in [4.69, 9.17) is 0 Å². The summed E-state index contributed by atoms with van der Waals surface area (Å²) >= 11 is 0. The summed E-state index contributed by atoms with van der Waals surface area (Å²) in [7, 11) is 0. The van der Waals surface area contributed by atoms with Crippen LogP contribution in [0.4, 0.5) is 0 Å². The second-order valence-corrected chi connectivity index (χ2v) is 6.43. The molecule has 3 unspecified atom stereocenters. The lowest BCUT2D eigenvalue weighted by molar-refractivity contribution is 0.160. The monoisotopic (exact) mass is 237 g/mol. The highest BCUT2D eigenvalue weighted by atomic mass is 14.9. The molecular formula is C16H31N. The third-order valence-electron chi connectivity index (χ3n) is 5.00. The van der Waals surface area contributed by atoms with Crippen LogP contribution in [0.15, 0.2) is 0 Å². The third-order valence-corrected chi connectivity index (χ3v) is 5.00. The molecule has 0 bridgehead atoms. The normalized spacial score (nSPS) is 33.9. The summed E-state index contributed by atoms with van der Waals surface area (Å²) in [6, 6.07) is 0.894. The van der Waals surface area contributed by atoms with E-state index in [-0.39, 0.29) is 0 Å². The molecule has 1 N–H and O–H groups in total. The molecule has 0 radical (unpaired) electrons. The van der Waals surface area contributed by atoms with E-state index in [9.17, 15) is 0 Å². The highest BCUT2D eigenvalue weighted by Crippen LogP contribution is 2.38. The zero-order chi connectivity index (χ0) is 12.1. The molecule has 0 heterocycles. The molecule has 0 amide bonds. The number of rotatable bonds is 7. The average Bonchev–Trinajstić information content (AvgIpc) is 3.18. The first-order valence-electron chi connectivity index (χ1n) is 8.06. The first-order valence-corrected chi connectivity index (χ1v) is 8.06. The van der Waals surface area contributed by atoms with Gasteiger partial charge in [-0.25, -0.2) is 0 Å². The van der Waals surface area contributed by atoms with Gasteiger partial charge in [-0.3, -0.25) is 0 Å². The van der Waals surface area contributed by atoms with Gasteiger partial charge in [0, 0.05) is 6.04 Å². The molecule has 17 heavy (non-hydrogen) atoms. The summed E-state index contributed by atoms with van der Waals surface area (Å²) in [5.74, 6) is 3.05. The predicted molar refractivity (Wildman–Crippen MR) is 75.2 cm³/mol. The van der Waals surface area contributed by atoms with Gasteiger partial charge in [0.1, 0.15) is 0 Å². The van der Waals surface area contributed by atoms with Crippen molar-refractivity contribution in [2.45, 2.75) is 77.7 Å². The molecule has 2 fully saturated rings. The zero-order valence-corrected chi connectivity index (χ0v) is 11.9. The zero-order valence-electron chi connectivity index (χ0n) is 11.9. The summed E-state index contributed by atoms with van der Waals surface area (Å²) in [6.07, 6.45) is 13.1. The molecule has 0 aromatic heterocycles. The number of hydrogen-bond donors (Lipinski definition) is 1. The molecule has 2 saturated carbocycles. The van der Waals surface area contributed by atoms with E-state index in [1.165, 1.54) is 64.3 Å². The van der Waals surface area contributed by atoms with Crippen LogP contribution in [0.2, 0.25) is 0 Å². The summed E-state index contributed by atoms with van der Waals surface area (Å²) in [6.45, 7) is 6.03. The van der Waals surface area contributed by atoms with Gasteiger partial charge < -0.3 is 5.32 Å². The van der Waals surface area contributed by atoms with Crippen molar-refractivity contribution in [3.63, 3.8) is 0 Å². The molecule has 0 spiro atoms. The molecule has 2 aliphatic rings. The Labute approximate surface area is 108 Å². The van der Waals surface area contributed by atoms with Gasteiger partial charge in [-0.2, -0.15) is 0 Å². The molecule has 0 saturated heterocycles. The van der Waals surface area contributed by atoms with E-state index >= 15 is 0 Å². The largest absolute Gasteiger partial charge is 0.314 e. The van der Waals surface area contributed by atoms with Crippen molar-refractivity contribution in [1.82, 2.24) is 5.32 Å². The number of unbranched alkanes of at least 4 members (excludes halogenated alkanes) is 1. The Bertz CT molecular complexity index is 210. The Hall–Kier alpha value is -0.0400. The van der Waals surface area contributed by atoms with Gasteiger partial charge >= 0.3 is 0 Å². The van der Waals surface area contributed by atoms with Crippen LogP contribution >= 0.6 is 0 Å². The maximum absolute atomic E-state index is 3.77. The average molecular weight is 237 g/mol. The van der Waals surface area contributed by atoms with Gasteiger partial charge in [-0.05, 0) is 50.0 Å². The van der Waals surface area contributed by atoms with Crippen molar-refractivity contribution in [1.29, 1.82) is 0 Å². The standard InChI is InChI=1S/C16H31N/c1-3-5-6-14-11-13(4-2)7-8-15(14)12-17-16-9-10-16/h13-17H,3-12H2,1-2H3. The van der Waals surface area contributed by atoms with Crippen molar-refractivity contribution in [2.24, 2.45) is 17.8 Å². The minimum Gasteiger partial charge on any atom is -0.314 e. The fourth-order valence-corrected chi connectivity index (χ4v) is 3.49. The lowest BCUT2D eigenvalue weighted by Crippen LogP contribution is -2.34. The Balaban J connectivity index is 1.77. The van der Waals surface area contributed by atoms with Crippen LogP contribution in [0, 0.1) is 17.8 Å². The van der Waals surface area contributed by atoms with Crippen LogP contribution in [0.5, 0.6) is 0 Å². The maximum Gasteiger partial charge on any atom is 0.00683 e. The molecule has 0 aliphatic heterocycles. The second-order valence-electron chi connectivity index (χ2n) is 6.43. The van der Waals surface area contributed by atoms with Gasteiger partial charge in [0.15, 0.2) is 0 Å². The molecule has 100 valence electrons. The Kier molecular flexibility index (Phi) is 5.34. The van der Waals surface area contributed by atoms with Crippen molar-refractivity contribution < 1.29 is 0 Å². The van der Waals surface area contributed by atoms with Crippen molar-refractivity contribution in [3.8, 4) is 0 Å². The minimum atomic E-state index is 0.894. The number of hydrogen-bond acceptors (Lipinski definition) is 1. The van der Waals surface area contributed by atoms with Crippen molar-refractivity contribution >= 4 is 0 Å². The van der Waals surface area contributed by atoms with Crippen LogP contribution < -0.4 is 5.32 Å². The van der Waals surface area contributed by atoms with E-state index in [0.29, 0.717) is 0 Å². The van der Waals surface area contributed by atoms with Crippen LogP contribution in [0.3, 0.4) is 0 Å². The smallest absolute Gasteiger partial charge is 0.00683 e. The van der Waals surface area contributed by atoms with Gasteiger partial charge in [-0.1, -0.05) is 46.0 Å². The fraction of sp³-hybridized carbons (Fsp3) is 1.00. The first-order chi connectivity index (χ1) is 8.33. The summed E-state index contributed by atoms with van der Waals surface area (Å²) in [5.41, 5.74) is 0. The quantitative estimate of drug-likeness (QED) is 0.693. The van der Waals surface area contributed by atoms with Gasteiger partial charge in [0.25, 0.3) is 0 Å². The third kappa shape index (κ3) is 4.28. The lowest BCUT2D eigenvalue weighted by atomic mass is 9.71. The van der Waals surface area contributed by atoms with E-state index in [1.807, 2.05) is 0 Å². The molecule has 3 atom stereocenters. The lowest BCUT2D eigenvalue weighted by Gasteiger charge is -2.36. The summed E-state index contributed by atoms with van der Waals surface area (Å²) in [4.78, 5) is 0. The molecule has 0 aromatic carbocycles. The van der Waals surface area contributed by atoms with E-state index in [0.717, 1.165) is 23.8 Å². The molecule has 0 aromatic rings. The Morgan fingerprint density at radius 2 is 1.82 bits per heavy atom. The molecular weight excluding hydrogens is 206 g/mol. The minimum absolute atomic E-state index is 0.894. The number of nitrogens with one attached hydrogen (secondary N) is 1. The van der Waals surface area contributed by atoms with Crippen molar-refractivity contribution in [3.05, 3.63) is 0 Å².